The normalized spacial score (nSPS) is 15.8. The molecule has 0 bridgehead atoms. The largest absolute Gasteiger partial charge is 0.493 e. The summed E-state index contributed by atoms with van der Waals surface area (Å²) in [6.45, 7) is 6.07. The van der Waals surface area contributed by atoms with E-state index in [9.17, 15) is 9.59 Å². The van der Waals surface area contributed by atoms with E-state index in [4.69, 9.17) is 14.2 Å². The Labute approximate surface area is 198 Å². The number of fused-ring (bicyclic) bond motifs is 1. The maximum Gasteiger partial charge on any atom is 0.338 e. The van der Waals surface area contributed by atoms with Crippen molar-refractivity contribution in [2.75, 3.05) is 20.3 Å². The first-order chi connectivity index (χ1) is 16.0. The molecule has 9 heteroatoms. The van der Waals surface area contributed by atoms with Crippen LogP contribution < -0.4 is 24.4 Å². The Morgan fingerprint density at radius 1 is 1.21 bits per heavy atom. The number of nitrogens with zero attached hydrogens (tertiary/aromatic N) is 2. The number of benzene rings is 1. The second-order valence-electron chi connectivity index (χ2n) is 7.16. The summed E-state index contributed by atoms with van der Waals surface area (Å²) in [6, 6.07) is 8.61. The van der Waals surface area contributed by atoms with E-state index in [-0.39, 0.29) is 12.2 Å². The fraction of sp³-hybridized carbons (Fsp3) is 0.292. The third-order valence-electron chi connectivity index (χ3n) is 5.14. The summed E-state index contributed by atoms with van der Waals surface area (Å²) in [6.07, 6.45) is 1.86. The highest BCUT2D eigenvalue weighted by molar-refractivity contribution is 7.11. The lowest BCUT2D eigenvalue weighted by Crippen LogP contribution is -2.39. The molecule has 1 aliphatic rings. The van der Waals surface area contributed by atoms with Gasteiger partial charge in [-0.25, -0.2) is 9.79 Å². The van der Waals surface area contributed by atoms with Crippen LogP contribution in [0.2, 0.25) is 0 Å². The lowest BCUT2D eigenvalue weighted by atomic mass is 9.95. The zero-order valence-corrected chi connectivity index (χ0v) is 20.4. The van der Waals surface area contributed by atoms with E-state index in [2.05, 4.69) is 4.99 Å². The van der Waals surface area contributed by atoms with Crippen molar-refractivity contribution in [3.8, 4) is 11.5 Å². The van der Waals surface area contributed by atoms with Crippen molar-refractivity contribution in [1.82, 2.24) is 4.57 Å². The first-order valence-corrected chi connectivity index (χ1v) is 12.2. The van der Waals surface area contributed by atoms with Crippen molar-refractivity contribution in [2.24, 2.45) is 4.99 Å². The number of thiophene rings is 1. The molecular weight excluding hydrogens is 460 g/mol. The molecule has 1 atom stereocenters. The van der Waals surface area contributed by atoms with Crippen molar-refractivity contribution in [2.45, 2.75) is 26.8 Å². The SMILES string of the molecule is CCOC(=O)C1=C(C)N=c2s/c(=C/c3cccs3)c(=O)n2C1c1ccc(OC)c(OCC)c1. The molecule has 3 aromatic rings. The summed E-state index contributed by atoms with van der Waals surface area (Å²) in [4.78, 5) is 32.6. The van der Waals surface area contributed by atoms with Crippen LogP contribution in [0.25, 0.3) is 6.08 Å². The first-order valence-electron chi connectivity index (χ1n) is 10.5. The van der Waals surface area contributed by atoms with Crippen LogP contribution in [0.3, 0.4) is 0 Å². The average molecular weight is 485 g/mol. The Kier molecular flexibility index (Phi) is 6.80. The average Bonchev–Trinajstić information content (AvgIpc) is 3.41. The minimum atomic E-state index is -0.698. The van der Waals surface area contributed by atoms with Gasteiger partial charge in [-0.15, -0.1) is 11.3 Å². The zero-order chi connectivity index (χ0) is 23.5. The Morgan fingerprint density at radius 3 is 2.70 bits per heavy atom. The van der Waals surface area contributed by atoms with E-state index in [1.807, 2.05) is 36.6 Å². The van der Waals surface area contributed by atoms with E-state index >= 15 is 0 Å². The smallest absolute Gasteiger partial charge is 0.338 e. The van der Waals surface area contributed by atoms with E-state index < -0.39 is 12.0 Å². The Morgan fingerprint density at radius 2 is 2.03 bits per heavy atom. The standard InChI is InChI=1S/C24H24N2O5S2/c1-5-30-18-12-15(9-10-17(18)29-4)21-20(23(28)31-6-2)14(3)25-24-26(21)22(27)19(33-24)13-16-8-7-11-32-16/h7-13,21H,5-6H2,1-4H3/b19-13+. The summed E-state index contributed by atoms with van der Waals surface area (Å²) in [5, 5.41) is 1.96. The number of carbonyl (C=O) groups is 1. The fourth-order valence-corrected chi connectivity index (χ4v) is 5.51. The van der Waals surface area contributed by atoms with Crippen LogP contribution in [0.1, 0.15) is 37.3 Å². The lowest BCUT2D eigenvalue weighted by molar-refractivity contribution is -0.139. The van der Waals surface area contributed by atoms with Crippen LogP contribution in [-0.2, 0) is 9.53 Å². The van der Waals surface area contributed by atoms with Crippen molar-refractivity contribution in [3.05, 3.63) is 77.1 Å². The molecule has 172 valence electrons. The predicted octanol–water partition coefficient (Wildman–Crippen LogP) is 3.27. The molecule has 3 heterocycles. The van der Waals surface area contributed by atoms with Gasteiger partial charge in [-0.3, -0.25) is 9.36 Å². The molecule has 0 saturated carbocycles. The van der Waals surface area contributed by atoms with Crippen molar-refractivity contribution < 1.29 is 19.0 Å². The Hall–Kier alpha value is -3.17. The summed E-state index contributed by atoms with van der Waals surface area (Å²) in [5.74, 6) is 0.616. The van der Waals surface area contributed by atoms with Gasteiger partial charge in [-0.1, -0.05) is 23.5 Å². The van der Waals surface area contributed by atoms with Gasteiger partial charge in [0.05, 0.1) is 42.2 Å². The molecule has 0 radical (unpaired) electrons. The Bertz CT molecular complexity index is 1380. The van der Waals surface area contributed by atoms with Gasteiger partial charge in [-0.05, 0) is 56.0 Å². The van der Waals surface area contributed by atoms with Crippen molar-refractivity contribution in [1.29, 1.82) is 0 Å². The molecule has 1 aliphatic heterocycles. The van der Waals surface area contributed by atoms with Gasteiger partial charge in [0.25, 0.3) is 5.56 Å². The molecule has 0 N–H and O–H groups in total. The van der Waals surface area contributed by atoms with Crippen molar-refractivity contribution in [3.63, 3.8) is 0 Å². The van der Waals surface area contributed by atoms with Gasteiger partial charge >= 0.3 is 5.97 Å². The molecule has 4 rings (SSSR count). The number of carbonyl (C=O) groups excluding carboxylic acids is 1. The number of thiazole rings is 1. The number of allylic oxidation sites excluding steroid dienone is 1. The molecule has 0 aliphatic carbocycles. The first kappa shape index (κ1) is 23.0. The quantitative estimate of drug-likeness (QED) is 0.481. The number of methoxy groups -OCH3 is 1. The number of hydrogen-bond acceptors (Lipinski definition) is 8. The van der Waals surface area contributed by atoms with Gasteiger partial charge in [0.15, 0.2) is 16.3 Å². The molecule has 0 amide bonds. The Balaban J connectivity index is 1.97. The fourth-order valence-electron chi connectivity index (χ4n) is 3.74. The van der Waals surface area contributed by atoms with Crippen molar-refractivity contribution >= 4 is 34.7 Å². The van der Waals surface area contributed by atoms with E-state index in [1.54, 1.807) is 49.0 Å². The predicted molar refractivity (Wildman–Crippen MR) is 129 cm³/mol. The molecule has 1 aromatic carbocycles. The van der Waals surface area contributed by atoms with Crippen LogP contribution >= 0.6 is 22.7 Å². The monoisotopic (exact) mass is 484 g/mol. The van der Waals surface area contributed by atoms with Gasteiger partial charge in [0.1, 0.15) is 0 Å². The maximum atomic E-state index is 13.5. The topological polar surface area (TPSA) is 79.1 Å². The number of rotatable bonds is 7. The van der Waals surface area contributed by atoms with Crippen LogP contribution in [0.4, 0.5) is 0 Å². The van der Waals surface area contributed by atoms with Crippen LogP contribution in [0, 0.1) is 0 Å². The molecule has 33 heavy (non-hydrogen) atoms. The van der Waals surface area contributed by atoms with Gasteiger partial charge < -0.3 is 14.2 Å². The second kappa shape index (κ2) is 9.76. The molecule has 0 saturated heterocycles. The zero-order valence-electron chi connectivity index (χ0n) is 18.8. The summed E-state index contributed by atoms with van der Waals surface area (Å²) in [7, 11) is 1.57. The highest BCUT2D eigenvalue weighted by atomic mass is 32.1. The van der Waals surface area contributed by atoms with Crippen LogP contribution in [0.15, 0.2) is 56.8 Å². The molecule has 0 spiro atoms. The third-order valence-corrected chi connectivity index (χ3v) is 6.94. The minimum Gasteiger partial charge on any atom is -0.493 e. The highest BCUT2D eigenvalue weighted by Gasteiger charge is 2.33. The van der Waals surface area contributed by atoms with E-state index in [1.165, 1.54) is 11.3 Å². The summed E-state index contributed by atoms with van der Waals surface area (Å²) < 4.78 is 18.6. The number of aromatic nitrogens is 1. The van der Waals surface area contributed by atoms with Gasteiger partial charge in [0.2, 0.25) is 0 Å². The molecule has 1 unspecified atom stereocenters. The van der Waals surface area contributed by atoms with Crippen LogP contribution in [0.5, 0.6) is 11.5 Å². The van der Waals surface area contributed by atoms with Gasteiger partial charge in [-0.2, -0.15) is 0 Å². The molecule has 0 fully saturated rings. The number of ether oxygens (including phenoxy) is 3. The molecule has 2 aromatic heterocycles. The highest BCUT2D eigenvalue weighted by Crippen LogP contribution is 2.36. The van der Waals surface area contributed by atoms with E-state index in [0.717, 1.165) is 4.88 Å². The molecule has 7 nitrogen and oxygen atoms in total. The minimum absolute atomic E-state index is 0.208. The summed E-state index contributed by atoms with van der Waals surface area (Å²) >= 11 is 2.86. The molecular formula is C24H24N2O5S2. The number of esters is 1. The van der Waals surface area contributed by atoms with Crippen LogP contribution in [-0.4, -0.2) is 30.9 Å². The number of hydrogen-bond donors (Lipinski definition) is 0. The van der Waals surface area contributed by atoms with E-state index in [0.29, 0.717) is 44.3 Å². The van der Waals surface area contributed by atoms with Gasteiger partial charge in [0, 0.05) is 4.88 Å². The summed E-state index contributed by atoms with van der Waals surface area (Å²) in [5.41, 5.74) is 1.36. The lowest BCUT2D eigenvalue weighted by Gasteiger charge is -2.25. The third kappa shape index (κ3) is 4.38. The maximum absolute atomic E-state index is 13.5. The second-order valence-corrected chi connectivity index (χ2v) is 9.15.